The van der Waals surface area contributed by atoms with Crippen LogP contribution >= 0.6 is 15.9 Å². The molecule has 1 aromatic heterocycles. The van der Waals surface area contributed by atoms with Crippen LogP contribution in [0.4, 0.5) is 11.4 Å². The van der Waals surface area contributed by atoms with Crippen LogP contribution in [0, 0.1) is 6.92 Å². The molecule has 1 heterocycles. The van der Waals surface area contributed by atoms with Gasteiger partial charge in [-0.1, -0.05) is 19.4 Å². The molecule has 0 bridgehead atoms. The number of rotatable bonds is 4. The Kier molecular flexibility index (Phi) is 4.44. The Bertz CT molecular complexity index is 636. The smallest absolute Gasteiger partial charge is 0.278 e. The quantitative estimate of drug-likeness (QED) is 0.801. The van der Waals surface area contributed by atoms with Crippen LogP contribution in [0.3, 0.4) is 0 Å². The minimum Gasteiger partial charge on any atom is -0.395 e. The summed E-state index contributed by atoms with van der Waals surface area (Å²) >= 11 is 3.41. The maximum Gasteiger partial charge on any atom is 0.278 e. The summed E-state index contributed by atoms with van der Waals surface area (Å²) in [7, 11) is 0. The number of benzene rings is 1. The lowest BCUT2D eigenvalue weighted by atomic mass is 10.2. The fraction of sp³-hybridized carbons (Fsp3) is 0.286. The molecule has 0 saturated carbocycles. The summed E-state index contributed by atoms with van der Waals surface area (Å²) < 4.78 is 0.819. The second-order valence-corrected chi connectivity index (χ2v) is 5.51. The summed E-state index contributed by atoms with van der Waals surface area (Å²) in [5, 5.41) is 9.64. The van der Waals surface area contributed by atoms with Crippen LogP contribution in [0.2, 0.25) is 0 Å². The minimum absolute atomic E-state index is 0.238. The number of H-pyrrole nitrogens is 1. The summed E-state index contributed by atoms with van der Waals surface area (Å²) in [6.07, 6.45) is 1.72. The van der Waals surface area contributed by atoms with Crippen molar-refractivity contribution in [3.05, 3.63) is 39.6 Å². The molecule has 0 spiro atoms. The number of nitrogens with zero attached hydrogens (tertiary/aromatic N) is 1. The highest BCUT2D eigenvalue weighted by Crippen LogP contribution is 2.25. The predicted octanol–water partition coefficient (Wildman–Crippen LogP) is 3.27. The fourth-order valence-electron chi connectivity index (χ4n) is 1.92. The van der Waals surface area contributed by atoms with E-state index in [4.69, 9.17) is 5.73 Å². The molecule has 2 rings (SSSR count). The van der Waals surface area contributed by atoms with Gasteiger partial charge in [0.05, 0.1) is 17.1 Å². The molecule has 0 fully saturated rings. The van der Waals surface area contributed by atoms with Crippen molar-refractivity contribution < 1.29 is 4.79 Å². The maximum absolute atomic E-state index is 12.2. The number of aromatic amines is 1. The van der Waals surface area contributed by atoms with Crippen molar-refractivity contribution in [1.29, 1.82) is 0 Å². The number of carbonyl (C=O) groups is 1. The number of aromatic nitrogens is 2. The summed E-state index contributed by atoms with van der Waals surface area (Å²) in [6.45, 7) is 4.01. The molecular weight excluding hydrogens is 320 g/mol. The molecule has 0 saturated heterocycles. The van der Waals surface area contributed by atoms with Gasteiger partial charge in [0.1, 0.15) is 0 Å². The molecule has 6 heteroatoms. The fourth-order valence-corrected chi connectivity index (χ4v) is 2.26. The van der Waals surface area contributed by atoms with E-state index in [1.54, 1.807) is 0 Å². The highest BCUT2D eigenvalue weighted by Gasteiger charge is 2.17. The summed E-state index contributed by atoms with van der Waals surface area (Å²) in [5.41, 5.74) is 9.18. The lowest BCUT2D eigenvalue weighted by Crippen LogP contribution is -2.14. The van der Waals surface area contributed by atoms with Crippen LogP contribution in [-0.2, 0) is 6.42 Å². The predicted molar refractivity (Wildman–Crippen MR) is 83.8 cm³/mol. The van der Waals surface area contributed by atoms with E-state index in [1.165, 1.54) is 0 Å². The first kappa shape index (κ1) is 14.6. The van der Waals surface area contributed by atoms with Gasteiger partial charge < -0.3 is 11.1 Å². The molecular formula is C14H17BrN4O. The van der Waals surface area contributed by atoms with E-state index < -0.39 is 0 Å². The Labute approximate surface area is 126 Å². The lowest BCUT2D eigenvalue weighted by molar-refractivity contribution is 0.102. The van der Waals surface area contributed by atoms with Gasteiger partial charge in [0.15, 0.2) is 5.69 Å². The van der Waals surface area contributed by atoms with Crippen molar-refractivity contribution in [2.45, 2.75) is 26.7 Å². The van der Waals surface area contributed by atoms with Crippen molar-refractivity contribution in [2.75, 3.05) is 11.1 Å². The maximum atomic E-state index is 12.2. The zero-order chi connectivity index (χ0) is 14.7. The van der Waals surface area contributed by atoms with Gasteiger partial charge >= 0.3 is 0 Å². The number of anilines is 2. The van der Waals surface area contributed by atoms with Crippen LogP contribution in [0.15, 0.2) is 22.7 Å². The first-order chi connectivity index (χ1) is 9.52. The minimum atomic E-state index is -0.313. The number of amides is 1. The van der Waals surface area contributed by atoms with E-state index in [2.05, 4.69) is 31.4 Å². The van der Waals surface area contributed by atoms with E-state index in [1.807, 2.05) is 32.0 Å². The van der Waals surface area contributed by atoms with Gasteiger partial charge in [0.2, 0.25) is 0 Å². The van der Waals surface area contributed by atoms with E-state index in [0.29, 0.717) is 11.4 Å². The number of nitrogens with one attached hydrogen (secondary N) is 2. The summed E-state index contributed by atoms with van der Waals surface area (Å²) in [4.78, 5) is 12.2. The molecule has 4 N–H and O–H groups in total. The topological polar surface area (TPSA) is 83.8 Å². The molecule has 2 aromatic rings. The standard InChI is InChI=1S/C14H17BrN4O/c1-3-4-10-12(16)13(19-18-10)14(20)17-11-7-8(2)5-6-9(11)15/h5-7H,3-4,16H2,1-2H3,(H,17,20)(H,18,19). The second kappa shape index (κ2) is 6.09. The zero-order valence-corrected chi connectivity index (χ0v) is 13.0. The average molecular weight is 337 g/mol. The lowest BCUT2D eigenvalue weighted by Gasteiger charge is -2.07. The number of hydrogen-bond acceptors (Lipinski definition) is 3. The van der Waals surface area contributed by atoms with E-state index >= 15 is 0 Å². The molecule has 0 radical (unpaired) electrons. The van der Waals surface area contributed by atoms with Crippen LogP contribution < -0.4 is 11.1 Å². The Morgan fingerprint density at radius 2 is 2.25 bits per heavy atom. The van der Waals surface area contributed by atoms with E-state index in [-0.39, 0.29) is 11.6 Å². The van der Waals surface area contributed by atoms with Gasteiger partial charge in [-0.05, 0) is 47.0 Å². The molecule has 1 amide bonds. The van der Waals surface area contributed by atoms with Gasteiger partial charge in [0, 0.05) is 4.47 Å². The molecule has 0 aliphatic rings. The molecule has 0 atom stereocenters. The Morgan fingerprint density at radius 3 is 2.95 bits per heavy atom. The third-order valence-electron chi connectivity index (χ3n) is 2.97. The van der Waals surface area contributed by atoms with Crippen molar-refractivity contribution in [2.24, 2.45) is 0 Å². The molecule has 0 aliphatic carbocycles. The third kappa shape index (κ3) is 3.01. The van der Waals surface area contributed by atoms with Gasteiger partial charge in [-0.3, -0.25) is 9.89 Å². The van der Waals surface area contributed by atoms with E-state index in [9.17, 15) is 4.79 Å². The monoisotopic (exact) mass is 336 g/mol. The SMILES string of the molecule is CCCc1[nH]nc(C(=O)Nc2cc(C)ccc2Br)c1N. The third-order valence-corrected chi connectivity index (χ3v) is 3.66. The van der Waals surface area contributed by atoms with Crippen LogP contribution in [0.1, 0.15) is 35.1 Å². The van der Waals surface area contributed by atoms with Gasteiger partial charge in [-0.15, -0.1) is 0 Å². The first-order valence-electron chi connectivity index (χ1n) is 6.43. The highest BCUT2D eigenvalue weighted by molar-refractivity contribution is 9.10. The Morgan fingerprint density at radius 1 is 1.50 bits per heavy atom. The van der Waals surface area contributed by atoms with Crippen molar-refractivity contribution >= 4 is 33.2 Å². The van der Waals surface area contributed by atoms with Crippen molar-refractivity contribution in [1.82, 2.24) is 10.2 Å². The summed E-state index contributed by atoms with van der Waals surface area (Å²) in [6, 6.07) is 5.74. The zero-order valence-electron chi connectivity index (χ0n) is 11.5. The highest BCUT2D eigenvalue weighted by atomic mass is 79.9. The number of halogens is 1. The van der Waals surface area contributed by atoms with Crippen LogP contribution in [0.25, 0.3) is 0 Å². The van der Waals surface area contributed by atoms with Gasteiger partial charge in [0.25, 0.3) is 5.91 Å². The van der Waals surface area contributed by atoms with Crippen LogP contribution in [0.5, 0.6) is 0 Å². The Hall–Kier alpha value is -1.82. The number of carbonyl (C=O) groups excluding carboxylic acids is 1. The normalized spacial score (nSPS) is 10.6. The van der Waals surface area contributed by atoms with E-state index in [0.717, 1.165) is 28.6 Å². The van der Waals surface area contributed by atoms with Gasteiger partial charge in [-0.25, -0.2) is 0 Å². The number of nitrogens with two attached hydrogens (primary N) is 1. The molecule has 0 unspecified atom stereocenters. The Balaban J connectivity index is 2.22. The summed E-state index contributed by atoms with van der Waals surface area (Å²) in [5.74, 6) is -0.313. The number of nitrogen functional groups attached to an aromatic ring is 1. The molecule has 20 heavy (non-hydrogen) atoms. The largest absolute Gasteiger partial charge is 0.395 e. The van der Waals surface area contributed by atoms with Crippen molar-refractivity contribution in [3.63, 3.8) is 0 Å². The number of aryl methyl sites for hydroxylation is 2. The molecule has 0 aliphatic heterocycles. The molecule has 5 nitrogen and oxygen atoms in total. The average Bonchev–Trinajstić information content (AvgIpc) is 2.76. The number of hydrogen-bond donors (Lipinski definition) is 3. The first-order valence-corrected chi connectivity index (χ1v) is 7.22. The molecule has 106 valence electrons. The molecule has 1 aromatic carbocycles. The van der Waals surface area contributed by atoms with Crippen molar-refractivity contribution in [3.8, 4) is 0 Å². The second-order valence-electron chi connectivity index (χ2n) is 4.65. The van der Waals surface area contributed by atoms with Crippen LogP contribution in [-0.4, -0.2) is 16.1 Å². The van der Waals surface area contributed by atoms with Gasteiger partial charge in [-0.2, -0.15) is 5.10 Å².